The van der Waals surface area contributed by atoms with Crippen LogP contribution in [0.2, 0.25) is 0 Å². The molecule has 0 unspecified atom stereocenters. The zero-order chi connectivity index (χ0) is 29.8. The summed E-state index contributed by atoms with van der Waals surface area (Å²) in [5, 5.41) is 3.24. The monoisotopic (exact) mass is 554 g/mol. The normalized spacial score (nSPS) is 24.9. The van der Waals surface area contributed by atoms with Gasteiger partial charge in [0.2, 0.25) is 11.8 Å². The second-order valence-electron chi connectivity index (χ2n) is 13.3. The van der Waals surface area contributed by atoms with Crippen molar-refractivity contribution in [1.82, 2.24) is 10.2 Å². The average molecular weight is 555 g/mol. The molecule has 2 amide bonds. The molecule has 3 saturated carbocycles. The number of amides is 2. The summed E-state index contributed by atoms with van der Waals surface area (Å²) >= 11 is 0. The molecule has 0 aromatic heterocycles. The first-order valence-corrected chi connectivity index (χ1v) is 15.0. The molecule has 0 heterocycles. The molecule has 3 fully saturated rings. The molecule has 1 aromatic carbocycles. The number of esters is 1. The molecule has 222 valence electrons. The number of hydrogen-bond acceptors (Lipinski definition) is 5. The molecule has 1 aromatic rings. The van der Waals surface area contributed by atoms with Gasteiger partial charge >= 0.3 is 5.97 Å². The fourth-order valence-electron chi connectivity index (χ4n) is 7.15. The molecular formula is C33H50N2O5. The van der Waals surface area contributed by atoms with E-state index in [9.17, 15) is 19.2 Å². The van der Waals surface area contributed by atoms with E-state index in [2.05, 4.69) is 19.2 Å². The highest BCUT2D eigenvalue weighted by Gasteiger charge is 2.71. The van der Waals surface area contributed by atoms with E-state index < -0.39 is 11.5 Å². The van der Waals surface area contributed by atoms with E-state index in [0.717, 1.165) is 12.0 Å². The van der Waals surface area contributed by atoms with E-state index in [4.69, 9.17) is 4.74 Å². The lowest BCUT2D eigenvalue weighted by Crippen LogP contribution is -2.69. The van der Waals surface area contributed by atoms with Crippen LogP contribution in [0.1, 0.15) is 85.6 Å². The van der Waals surface area contributed by atoms with Gasteiger partial charge in [0.15, 0.2) is 5.78 Å². The van der Waals surface area contributed by atoms with E-state index in [0.29, 0.717) is 38.5 Å². The van der Waals surface area contributed by atoms with Crippen molar-refractivity contribution in [1.29, 1.82) is 0 Å². The lowest BCUT2D eigenvalue weighted by molar-refractivity contribution is -0.211. The summed E-state index contributed by atoms with van der Waals surface area (Å²) in [6.45, 7) is 11.9. The molecule has 5 atom stereocenters. The smallest absolute Gasteiger partial charge is 0.308 e. The van der Waals surface area contributed by atoms with Gasteiger partial charge in [-0.1, -0.05) is 78.3 Å². The van der Waals surface area contributed by atoms with Crippen LogP contribution in [0.15, 0.2) is 30.3 Å². The van der Waals surface area contributed by atoms with Crippen molar-refractivity contribution in [3.05, 3.63) is 35.9 Å². The fraction of sp³-hybridized carbons (Fsp3) is 0.697. The molecule has 0 saturated heterocycles. The quantitative estimate of drug-likeness (QED) is 0.301. The minimum atomic E-state index is -0.451. The van der Waals surface area contributed by atoms with Crippen LogP contribution >= 0.6 is 0 Å². The first-order valence-electron chi connectivity index (χ1n) is 15.0. The van der Waals surface area contributed by atoms with Crippen molar-refractivity contribution in [3.8, 4) is 0 Å². The van der Waals surface area contributed by atoms with Gasteiger partial charge in [-0.3, -0.25) is 19.2 Å². The molecule has 0 spiro atoms. The summed E-state index contributed by atoms with van der Waals surface area (Å²) in [6.07, 6.45) is 4.57. The van der Waals surface area contributed by atoms with Gasteiger partial charge in [-0.2, -0.15) is 0 Å². The Kier molecular flexibility index (Phi) is 10.2. The Morgan fingerprint density at radius 1 is 1.00 bits per heavy atom. The Morgan fingerprint density at radius 3 is 2.12 bits per heavy atom. The first kappa shape index (κ1) is 31.8. The maximum Gasteiger partial charge on any atom is 0.308 e. The topological polar surface area (TPSA) is 92.8 Å². The lowest BCUT2D eigenvalue weighted by atomic mass is 9.33. The number of ketones is 1. The maximum absolute atomic E-state index is 13.6. The summed E-state index contributed by atoms with van der Waals surface area (Å²) in [5.74, 6) is -0.304. The Morgan fingerprint density at radius 2 is 1.60 bits per heavy atom. The van der Waals surface area contributed by atoms with Gasteiger partial charge in [0.25, 0.3) is 0 Å². The largest absolute Gasteiger partial charge is 0.469 e. The molecule has 40 heavy (non-hydrogen) atoms. The number of nitrogens with one attached hydrogen (secondary N) is 1. The number of likely N-dealkylation sites (N-methyl/N-ethyl adjacent to an activating group) is 1. The van der Waals surface area contributed by atoms with E-state index in [-0.39, 0.29) is 58.7 Å². The third kappa shape index (κ3) is 6.77. The lowest BCUT2D eigenvalue weighted by Gasteiger charge is -2.69. The second-order valence-corrected chi connectivity index (χ2v) is 13.3. The Labute approximate surface area is 240 Å². The van der Waals surface area contributed by atoms with Gasteiger partial charge in [-0.15, -0.1) is 0 Å². The zero-order valence-corrected chi connectivity index (χ0v) is 25.8. The van der Waals surface area contributed by atoms with Crippen LogP contribution in [-0.4, -0.2) is 54.7 Å². The van der Waals surface area contributed by atoms with Gasteiger partial charge in [0.1, 0.15) is 0 Å². The molecule has 4 rings (SSSR count). The number of rotatable bonds is 15. The van der Waals surface area contributed by atoms with Crippen LogP contribution in [0, 0.1) is 34.5 Å². The van der Waals surface area contributed by atoms with E-state index in [1.807, 2.05) is 58.0 Å². The van der Waals surface area contributed by atoms with Crippen molar-refractivity contribution in [2.45, 2.75) is 98.6 Å². The van der Waals surface area contributed by atoms with Gasteiger partial charge in [-0.25, -0.2) is 0 Å². The predicted octanol–water partition coefficient (Wildman–Crippen LogP) is 5.21. The number of carbonyl (C=O) groups is 4. The third-order valence-electron chi connectivity index (χ3n) is 9.69. The Bertz CT molecular complexity index is 1050. The summed E-state index contributed by atoms with van der Waals surface area (Å²) in [4.78, 5) is 54.0. The molecule has 7 heteroatoms. The van der Waals surface area contributed by atoms with Gasteiger partial charge in [0, 0.05) is 25.4 Å². The van der Waals surface area contributed by atoms with Crippen LogP contribution in [0.25, 0.3) is 0 Å². The van der Waals surface area contributed by atoms with E-state index >= 15 is 0 Å². The van der Waals surface area contributed by atoms with Crippen molar-refractivity contribution < 1.29 is 23.9 Å². The van der Waals surface area contributed by atoms with Crippen molar-refractivity contribution in [2.24, 2.45) is 34.5 Å². The minimum absolute atomic E-state index is 0.0192. The average Bonchev–Trinajstić information content (AvgIpc) is 2.87. The van der Waals surface area contributed by atoms with Gasteiger partial charge < -0.3 is 15.0 Å². The number of nitrogens with zero attached hydrogens (tertiary/aromatic N) is 1. The highest BCUT2D eigenvalue weighted by atomic mass is 16.5. The molecule has 0 radical (unpaired) electrons. The number of Topliss-reactive ketones (excluding diaryl/α,β-unsaturated/α-hetero) is 1. The van der Waals surface area contributed by atoms with Crippen LogP contribution in [0.5, 0.6) is 0 Å². The molecule has 2 bridgehead atoms. The first-order chi connectivity index (χ1) is 18.8. The summed E-state index contributed by atoms with van der Waals surface area (Å²) in [6, 6.07) is 9.32. The Hall–Kier alpha value is -2.70. The second kappa shape index (κ2) is 12.9. The highest BCUT2D eigenvalue weighted by molar-refractivity contribution is 5.92. The van der Waals surface area contributed by atoms with Crippen LogP contribution < -0.4 is 5.32 Å². The fourth-order valence-corrected chi connectivity index (χ4v) is 7.15. The van der Waals surface area contributed by atoms with Gasteiger partial charge in [-0.05, 0) is 54.9 Å². The number of carbonyl (C=O) groups excluding carboxylic acids is 4. The van der Waals surface area contributed by atoms with Crippen LogP contribution in [0.4, 0.5) is 0 Å². The molecule has 0 aliphatic heterocycles. The SMILES string of the molecule is CC[C@@H](C)[C@H](C)C(=O)N(C)[C@H](C(=O)CC12CC(C(=O)N[C@@H](Cc3ccccc3)C[C@H](C)C(=O)OC)(C1)C2)C(C)C. The predicted molar refractivity (Wildman–Crippen MR) is 156 cm³/mol. The van der Waals surface area contributed by atoms with E-state index in [1.165, 1.54) is 7.11 Å². The number of methoxy groups -OCH3 is 1. The maximum atomic E-state index is 13.6. The molecule has 7 nitrogen and oxygen atoms in total. The highest BCUT2D eigenvalue weighted by Crippen LogP contribution is 2.75. The summed E-state index contributed by atoms with van der Waals surface area (Å²) in [7, 11) is 3.15. The number of ether oxygens (including phenoxy) is 1. The van der Waals surface area contributed by atoms with Crippen molar-refractivity contribution in [3.63, 3.8) is 0 Å². The van der Waals surface area contributed by atoms with E-state index in [1.54, 1.807) is 11.9 Å². The molecule has 3 aliphatic rings. The van der Waals surface area contributed by atoms with Crippen LogP contribution in [0.3, 0.4) is 0 Å². The zero-order valence-electron chi connectivity index (χ0n) is 25.8. The minimum Gasteiger partial charge on any atom is -0.469 e. The Balaban J connectivity index is 1.61. The molecule has 3 aliphatic carbocycles. The third-order valence-corrected chi connectivity index (χ3v) is 9.69. The van der Waals surface area contributed by atoms with Crippen LogP contribution in [-0.2, 0) is 30.3 Å². The number of benzene rings is 1. The van der Waals surface area contributed by atoms with Crippen molar-refractivity contribution in [2.75, 3.05) is 14.2 Å². The molecular weight excluding hydrogens is 504 g/mol. The molecule has 1 N–H and O–H groups in total. The van der Waals surface area contributed by atoms with Crippen molar-refractivity contribution >= 4 is 23.6 Å². The number of hydrogen-bond donors (Lipinski definition) is 1. The van der Waals surface area contributed by atoms with Gasteiger partial charge in [0.05, 0.1) is 24.5 Å². The summed E-state index contributed by atoms with van der Waals surface area (Å²) in [5.41, 5.74) is 0.539. The summed E-state index contributed by atoms with van der Waals surface area (Å²) < 4.78 is 4.92. The standard InChI is InChI=1S/C33H50N2O5/c1-9-22(4)24(6)29(37)35(7)28(21(2)3)27(36)17-32-18-33(19-32,20-32)31(39)34-26(15-23(5)30(38)40-8)16-25-13-11-10-12-14-25/h10-14,21-24,26,28H,9,15-20H2,1-8H3,(H,34,39)/t22-,23+,24+,26-,28+,32?,33?/m1/s1.